The van der Waals surface area contributed by atoms with Crippen molar-refractivity contribution in [1.29, 1.82) is 0 Å². The van der Waals surface area contributed by atoms with Crippen molar-refractivity contribution in [2.45, 2.75) is 6.92 Å². The van der Waals surface area contributed by atoms with E-state index in [-0.39, 0.29) is 11.1 Å². The molecule has 0 aliphatic carbocycles. The van der Waals surface area contributed by atoms with Crippen LogP contribution in [0.15, 0.2) is 42.5 Å². The van der Waals surface area contributed by atoms with E-state index in [1.165, 1.54) is 12.1 Å². The van der Waals surface area contributed by atoms with Crippen LogP contribution in [-0.4, -0.2) is 29.2 Å². The number of aryl methyl sites for hydroxylation is 1. The fourth-order valence-electron chi connectivity index (χ4n) is 2.42. The number of benzene rings is 2. The molecule has 0 spiro atoms. The third kappa shape index (κ3) is 2.70. The first-order valence-corrected chi connectivity index (χ1v) is 6.98. The van der Waals surface area contributed by atoms with Gasteiger partial charge in [-0.1, -0.05) is 23.8 Å². The Morgan fingerprint density at radius 1 is 1.09 bits per heavy atom. The number of hydrogen-bond donors (Lipinski definition) is 1. The fraction of sp³-hybridized carbons (Fsp3) is 0.118. The van der Waals surface area contributed by atoms with Crippen molar-refractivity contribution in [3.05, 3.63) is 65.0 Å². The number of anilines is 1. The SMILES string of the molecule is Cc1ccc(NC(=O)CN2C(=O)c3cccc(F)c3C2=O)cc1. The van der Waals surface area contributed by atoms with Gasteiger partial charge in [-0.15, -0.1) is 0 Å². The summed E-state index contributed by atoms with van der Waals surface area (Å²) in [7, 11) is 0. The molecule has 3 amide bonds. The van der Waals surface area contributed by atoms with E-state index in [9.17, 15) is 18.8 Å². The molecule has 0 saturated heterocycles. The summed E-state index contributed by atoms with van der Waals surface area (Å²) in [4.78, 5) is 37.1. The van der Waals surface area contributed by atoms with Crippen LogP contribution >= 0.6 is 0 Å². The van der Waals surface area contributed by atoms with Crippen LogP contribution in [0.3, 0.4) is 0 Å². The molecule has 1 aliphatic heterocycles. The summed E-state index contributed by atoms with van der Waals surface area (Å²) < 4.78 is 13.7. The van der Waals surface area contributed by atoms with E-state index in [1.54, 1.807) is 12.1 Å². The Balaban J connectivity index is 1.75. The maximum atomic E-state index is 13.7. The average Bonchev–Trinajstić information content (AvgIpc) is 2.76. The Hall–Kier alpha value is -3.02. The maximum Gasteiger partial charge on any atom is 0.265 e. The van der Waals surface area contributed by atoms with Crippen molar-refractivity contribution in [2.75, 3.05) is 11.9 Å². The van der Waals surface area contributed by atoms with Crippen molar-refractivity contribution in [1.82, 2.24) is 4.90 Å². The molecule has 0 saturated carbocycles. The summed E-state index contributed by atoms with van der Waals surface area (Å²) in [6.07, 6.45) is 0. The highest BCUT2D eigenvalue weighted by molar-refractivity contribution is 6.22. The summed E-state index contributed by atoms with van der Waals surface area (Å²) >= 11 is 0. The predicted octanol–water partition coefficient (Wildman–Crippen LogP) is 2.37. The van der Waals surface area contributed by atoms with Crippen LogP contribution in [0.25, 0.3) is 0 Å². The first-order valence-electron chi connectivity index (χ1n) is 6.98. The van der Waals surface area contributed by atoms with E-state index in [1.807, 2.05) is 19.1 Å². The van der Waals surface area contributed by atoms with Crippen LogP contribution in [0.1, 0.15) is 26.3 Å². The van der Waals surface area contributed by atoms with Gasteiger partial charge < -0.3 is 5.32 Å². The molecule has 0 radical (unpaired) electrons. The lowest BCUT2D eigenvalue weighted by Crippen LogP contribution is -2.37. The lowest BCUT2D eigenvalue weighted by molar-refractivity contribution is -0.116. The molecule has 23 heavy (non-hydrogen) atoms. The highest BCUT2D eigenvalue weighted by atomic mass is 19.1. The Kier molecular flexibility index (Phi) is 3.65. The van der Waals surface area contributed by atoms with E-state index >= 15 is 0 Å². The lowest BCUT2D eigenvalue weighted by atomic mass is 10.1. The number of hydrogen-bond acceptors (Lipinski definition) is 3. The minimum Gasteiger partial charge on any atom is -0.325 e. The van der Waals surface area contributed by atoms with Gasteiger partial charge in [-0.2, -0.15) is 0 Å². The van der Waals surface area contributed by atoms with Crippen molar-refractivity contribution in [3.8, 4) is 0 Å². The van der Waals surface area contributed by atoms with E-state index in [0.717, 1.165) is 16.5 Å². The molecule has 0 unspecified atom stereocenters. The van der Waals surface area contributed by atoms with Crippen LogP contribution < -0.4 is 5.32 Å². The first kappa shape index (κ1) is 14.9. The molecule has 6 heteroatoms. The zero-order chi connectivity index (χ0) is 16.6. The van der Waals surface area contributed by atoms with Gasteiger partial charge in [-0.25, -0.2) is 4.39 Å². The Morgan fingerprint density at radius 2 is 1.78 bits per heavy atom. The van der Waals surface area contributed by atoms with E-state index in [0.29, 0.717) is 5.69 Å². The van der Waals surface area contributed by atoms with Gasteiger partial charge in [0.1, 0.15) is 12.4 Å². The van der Waals surface area contributed by atoms with Crippen molar-refractivity contribution in [2.24, 2.45) is 0 Å². The third-order valence-electron chi connectivity index (χ3n) is 3.59. The topological polar surface area (TPSA) is 66.5 Å². The number of carbonyl (C=O) groups is 3. The molecule has 116 valence electrons. The fourth-order valence-corrected chi connectivity index (χ4v) is 2.42. The van der Waals surface area contributed by atoms with Crippen LogP contribution in [0.2, 0.25) is 0 Å². The van der Waals surface area contributed by atoms with Gasteiger partial charge in [-0.3, -0.25) is 19.3 Å². The summed E-state index contributed by atoms with van der Waals surface area (Å²) in [6.45, 7) is 1.46. The minimum atomic E-state index is -0.790. The zero-order valence-corrected chi connectivity index (χ0v) is 12.3. The highest BCUT2D eigenvalue weighted by Crippen LogP contribution is 2.25. The summed E-state index contributed by atoms with van der Waals surface area (Å²) in [5, 5.41) is 2.60. The van der Waals surface area contributed by atoms with Gasteiger partial charge in [0.05, 0.1) is 11.1 Å². The van der Waals surface area contributed by atoms with Gasteiger partial charge in [0.25, 0.3) is 11.8 Å². The standard InChI is InChI=1S/C17H13FN2O3/c1-10-5-7-11(8-6-10)19-14(21)9-20-16(22)12-3-2-4-13(18)15(12)17(20)23/h2-8H,9H2,1H3,(H,19,21). The van der Waals surface area contributed by atoms with Gasteiger partial charge in [0.15, 0.2) is 0 Å². The second kappa shape index (κ2) is 5.64. The second-order valence-corrected chi connectivity index (χ2v) is 5.27. The average molecular weight is 312 g/mol. The molecule has 0 fully saturated rings. The number of nitrogens with one attached hydrogen (secondary N) is 1. The van der Waals surface area contributed by atoms with Crippen LogP contribution in [0.5, 0.6) is 0 Å². The number of carbonyl (C=O) groups excluding carboxylic acids is 3. The Morgan fingerprint density at radius 3 is 2.43 bits per heavy atom. The van der Waals surface area contributed by atoms with E-state index < -0.39 is 30.1 Å². The normalized spacial score (nSPS) is 13.2. The van der Waals surface area contributed by atoms with Crippen LogP contribution in [0.4, 0.5) is 10.1 Å². The molecule has 2 aromatic carbocycles. The second-order valence-electron chi connectivity index (χ2n) is 5.27. The molecular weight excluding hydrogens is 299 g/mol. The molecule has 0 bridgehead atoms. The van der Waals surface area contributed by atoms with Crippen molar-refractivity contribution >= 4 is 23.4 Å². The number of rotatable bonds is 3. The zero-order valence-electron chi connectivity index (χ0n) is 12.3. The largest absolute Gasteiger partial charge is 0.325 e. The van der Waals surface area contributed by atoms with Gasteiger partial charge >= 0.3 is 0 Å². The molecular formula is C17H13FN2O3. The number of amides is 3. The van der Waals surface area contributed by atoms with Crippen LogP contribution in [-0.2, 0) is 4.79 Å². The van der Waals surface area contributed by atoms with Gasteiger partial charge in [0.2, 0.25) is 5.91 Å². The quantitative estimate of drug-likeness (QED) is 0.885. The summed E-state index contributed by atoms with van der Waals surface area (Å²) in [5.41, 5.74) is 1.31. The smallest absolute Gasteiger partial charge is 0.265 e. The van der Waals surface area contributed by atoms with Crippen molar-refractivity contribution < 1.29 is 18.8 Å². The van der Waals surface area contributed by atoms with E-state index in [2.05, 4.69) is 5.32 Å². The summed E-state index contributed by atoms with van der Waals surface area (Å²) in [5.74, 6) is -2.74. The number of nitrogens with zero attached hydrogens (tertiary/aromatic N) is 1. The monoisotopic (exact) mass is 312 g/mol. The lowest BCUT2D eigenvalue weighted by Gasteiger charge is -2.13. The Labute approximate surface area is 131 Å². The van der Waals surface area contributed by atoms with Gasteiger partial charge in [-0.05, 0) is 31.2 Å². The molecule has 2 aromatic rings. The first-order chi connectivity index (χ1) is 11.0. The molecule has 3 rings (SSSR count). The third-order valence-corrected chi connectivity index (χ3v) is 3.59. The molecule has 1 N–H and O–H groups in total. The highest BCUT2D eigenvalue weighted by Gasteiger charge is 2.38. The molecule has 1 aliphatic rings. The molecule has 1 heterocycles. The number of imide groups is 1. The molecule has 0 aromatic heterocycles. The van der Waals surface area contributed by atoms with Crippen molar-refractivity contribution in [3.63, 3.8) is 0 Å². The minimum absolute atomic E-state index is 0.0156. The number of fused-ring (bicyclic) bond motifs is 1. The maximum absolute atomic E-state index is 13.7. The number of halogens is 1. The molecule has 0 atom stereocenters. The van der Waals surface area contributed by atoms with Gasteiger partial charge in [0, 0.05) is 5.69 Å². The summed E-state index contributed by atoms with van der Waals surface area (Å²) in [6, 6.07) is 10.9. The molecule has 5 nitrogen and oxygen atoms in total. The Bertz CT molecular complexity index is 815. The van der Waals surface area contributed by atoms with Crippen LogP contribution in [0, 0.1) is 12.7 Å². The predicted molar refractivity (Wildman–Crippen MR) is 81.6 cm³/mol. The van der Waals surface area contributed by atoms with E-state index in [4.69, 9.17) is 0 Å².